The van der Waals surface area contributed by atoms with Gasteiger partial charge in [-0.3, -0.25) is 4.79 Å². The van der Waals surface area contributed by atoms with E-state index in [1.165, 1.54) is 32.1 Å². The van der Waals surface area contributed by atoms with Crippen LogP contribution in [-0.4, -0.2) is 23.4 Å². The second-order valence-electron chi connectivity index (χ2n) is 7.52. The fraction of sp³-hybridized carbons (Fsp3) is 0.938. The minimum absolute atomic E-state index is 0.359. The molecule has 1 saturated heterocycles. The van der Waals surface area contributed by atoms with E-state index in [0.717, 1.165) is 25.3 Å². The summed E-state index contributed by atoms with van der Waals surface area (Å²) in [6, 6.07) is 0.525. The molecule has 2 nitrogen and oxygen atoms in total. The molecule has 1 amide bonds. The molecular formula is C16H27NO. The van der Waals surface area contributed by atoms with Gasteiger partial charge >= 0.3 is 0 Å². The van der Waals surface area contributed by atoms with E-state index in [4.69, 9.17) is 0 Å². The van der Waals surface area contributed by atoms with Crippen LogP contribution >= 0.6 is 0 Å². The molecule has 1 aliphatic heterocycles. The van der Waals surface area contributed by atoms with Gasteiger partial charge in [0.25, 0.3) is 0 Å². The molecule has 3 unspecified atom stereocenters. The second kappa shape index (κ2) is 3.98. The Kier molecular flexibility index (Phi) is 2.76. The lowest BCUT2D eigenvalue weighted by Crippen LogP contribution is -2.49. The molecule has 3 atom stereocenters. The lowest BCUT2D eigenvalue weighted by molar-refractivity contribution is -0.136. The van der Waals surface area contributed by atoms with E-state index in [2.05, 4.69) is 25.7 Å². The lowest BCUT2D eigenvalue weighted by Gasteiger charge is -2.44. The molecule has 18 heavy (non-hydrogen) atoms. The van der Waals surface area contributed by atoms with Crippen LogP contribution in [0.3, 0.4) is 0 Å². The van der Waals surface area contributed by atoms with Gasteiger partial charge in [0.2, 0.25) is 5.91 Å². The van der Waals surface area contributed by atoms with Crippen LogP contribution < -0.4 is 0 Å². The van der Waals surface area contributed by atoms with Crippen molar-refractivity contribution in [1.82, 2.24) is 4.90 Å². The maximum absolute atomic E-state index is 12.4. The van der Waals surface area contributed by atoms with Crippen LogP contribution in [0.15, 0.2) is 0 Å². The Labute approximate surface area is 111 Å². The fourth-order valence-electron chi connectivity index (χ4n) is 4.97. The summed E-state index contributed by atoms with van der Waals surface area (Å²) in [5, 5.41) is 0. The SMILES string of the molecule is CC1(C)C2CCC1(C)C(N1CCCCCC1=O)C2. The summed E-state index contributed by atoms with van der Waals surface area (Å²) >= 11 is 0. The summed E-state index contributed by atoms with van der Waals surface area (Å²) in [7, 11) is 0. The van der Waals surface area contributed by atoms with Crippen LogP contribution in [0.2, 0.25) is 0 Å². The first-order valence-electron chi connectivity index (χ1n) is 7.76. The van der Waals surface area contributed by atoms with E-state index in [1.807, 2.05) is 0 Å². The first-order chi connectivity index (χ1) is 8.47. The number of amides is 1. The van der Waals surface area contributed by atoms with Crippen molar-refractivity contribution in [1.29, 1.82) is 0 Å². The number of nitrogens with zero attached hydrogens (tertiary/aromatic N) is 1. The van der Waals surface area contributed by atoms with Gasteiger partial charge < -0.3 is 4.90 Å². The van der Waals surface area contributed by atoms with Crippen molar-refractivity contribution in [3.8, 4) is 0 Å². The van der Waals surface area contributed by atoms with Gasteiger partial charge in [-0.05, 0) is 48.9 Å². The zero-order valence-electron chi connectivity index (χ0n) is 12.2. The normalized spacial score (nSPS) is 43.3. The number of rotatable bonds is 1. The molecule has 0 spiro atoms. The molecule has 2 bridgehead atoms. The molecule has 1 heterocycles. The Bertz CT molecular complexity index is 362. The summed E-state index contributed by atoms with van der Waals surface area (Å²) in [5.41, 5.74) is 0.780. The Morgan fingerprint density at radius 1 is 1.17 bits per heavy atom. The first-order valence-corrected chi connectivity index (χ1v) is 7.76. The average molecular weight is 249 g/mol. The molecule has 0 aromatic heterocycles. The summed E-state index contributed by atoms with van der Waals surface area (Å²) in [4.78, 5) is 14.6. The highest BCUT2D eigenvalue weighted by Crippen LogP contribution is 2.66. The number of carbonyl (C=O) groups excluding carboxylic acids is 1. The highest BCUT2D eigenvalue weighted by atomic mass is 16.2. The minimum atomic E-state index is 0.359. The Morgan fingerprint density at radius 3 is 2.56 bits per heavy atom. The van der Waals surface area contributed by atoms with Gasteiger partial charge in [0.1, 0.15) is 0 Å². The van der Waals surface area contributed by atoms with Crippen LogP contribution in [0.4, 0.5) is 0 Å². The molecular weight excluding hydrogens is 222 g/mol. The van der Waals surface area contributed by atoms with E-state index in [-0.39, 0.29) is 0 Å². The van der Waals surface area contributed by atoms with Gasteiger partial charge in [-0.25, -0.2) is 0 Å². The molecule has 3 fully saturated rings. The van der Waals surface area contributed by atoms with Crippen molar-refractivity contribution in [2.24, 2.45) is 16.7 Å². The summed E-state index contributed by atoms with van der Waals surface area (Å²) in [5.74, 6) is 1.27. The third-order valence-electron chi connectivity index (χ3n) is 6.73. The number of carbonyl (C=O) groups is 1. The fourth-order valence-corrected chi connectivity index (χ4v) is 4.97. The molecule has 0 radical (unpaired) electrons. The minimum Gasteiger partial charge on any atom is -0.339 e. The van der Waals surface area contributed by atoms with Crippen LogP contribution in [-0.2, 0) is 4.79 Å². The zero-order valence-corrected chi connectivity index (χ0v) is 12.2. The lowest BCUT2D eigenvalue weighted by atomic mass is 9.69. The van der Waals surface area contributed by atoms with E-state index in [1.54, 1.807) is 0 Å². The van der Waals surface area contributed by atoms with Crippen molar-refractivity contribution >= 4 is 5.91 Å². The van der Waals surface area contributed by atoms with Crippen molar-refractivity contribution in [3.63, 3.8) is 0 Å². The van der Waals surface area contributed by atoms with E-state index >= 15 is 0 Å². The Hall–Kier alpha value is -0.530. The first kappa shape index (κ1) is 12.5. The maximum atomic E-state index is 12.4. The third-order valence-corrected chi connectivity index (χ3v) is 6.73. The summed E-state index contributed by atoms with van der Waals surface area (Å²) in [6.07, 6.45) is 8.29. The van der Waals surface area contributed by atoms with Crippen LogP contribution in [0.25, 0.3) is 0 Å². The molecule has 3 rings (SSSR count). The molecule has 2 heteroatoms. The van der Waals surface area contributed by atoms with Crippen molar-refractivity contribution in [3.05, 3.63) is 0 Å². The van der Waals surface area contributed by atoms with E-state index in [0.29, 0.717) is 22.8 Å². The van der Waals surface area contributed by atoms with Crippen LogP contribution in [0, 0.1) is 16.7 Å². The summed E-state index contributed by atoms with van der Waals surface area (Å²) < 4.78 is 0. The quantitative estimate of drug-likeness (QED) is 0.695. The average Bonchev–Trinajstić information content (AvgIpc) is 2.58. The largest absolute Gasteiger partial charge is 0.339 e. The van der Waals surface area contributed by atoms with Gasteiger partial charge in [0, 0.05) is 19.0 Å². The molecule has 2 saturated carbocycles. The summed E-state index contributed by atoms with van der Waals surface area (Å²) in [6.45, 7) is 8.34. The van der Waals surface area contributed by atoms with Gasteiger partial charge in [-0.15, -0.1) is 0 Å². The number of fused-ring (bicyclic) bond motifs is 2. The monoisotopic (exact) mass is 249 g/mol. The number of hydrogen-bond acceptors (Lipinski definition) is 1. The molecule has 0 aromatic rings. The van der Waals surface area contributed by atoms with Gasteiger partial charge in [0.15, 0.2) is 0 Å². The second-order valence-corrected chi connectivity index (χ2v) is 7.52. The van der Waals surface area contributed by atoms with Gasteiger partial charge in [-0.2, -0.15) is 0 Å². The predicted octanol–water partition coefficient (Wildman–Crippen LogP) is 3.60. The smallest absolute Gasteiger partial charge is 0.222 e. The molecule has 0 aromatic carbocycles. The van der Waals surface area contributed by atoms with Gasteiger partial charge in [-0.1, -0.05) is 27.2 Å². The topological polar surface area (TPSA) is 20.3 Å². The van der Waals surface area contributed by atoms with Crippen molar-refractivity contribution in [2.75, 3.05) is 6.54 Å². The predicted molar refractivity (Wildman–Crippen MR) is 73.2 cm³/mol. The number of hydrogen-bond donors (Lipinski definition) is 0. The van der Waals surface area contributed by atoms with E-state index < -0.39 is 0 Å². The van der Waals surface area contributed by atoms with Crippen molar-refractivity contribution < 1.29 is 4.79 Å². The molecule has 2 aliphatic carbocycles. The standard InChI is InChI=1S/C16H27NO/c1-15(2)12-8-9-16(15,3)13(11-12)17-10-6-4-5-7-14(17)18/h12-13H,4-11H2,1-3H3. The highest BCUT2D eigenvalue weighted by Gasteiger charge is 2.63. The molecule has 102 valence electrons. The third kappa shape index (κ3) is 1.50. The molecule has 0 N–H and O–H groups in total. The molecule has 3 aliphatic rings. The highest BCUT2D eigenvalue weighted by molar-refractivity contribution is 5.77. The maximum Gasteiger partial charge on any atom is 0.222 e. The van der Waals surface area contributed by atoms with E-state index in [9.17, 15) is 4.79 Å². The Morgan fingerprint density at radius 2 is 1.94 bits per heavy atom. The Balaban J connectivity index is 1.87. The van der Waals surface area contributed by atoms with Gasteiger partial charge in [0.05, 0.1) is 0 Å². The number of likely N-dealkylation sites (tertiary alicyclic amines) is 1. The van der Waals surface area contributed by atoms with Crippen molar-refractivity contribution in [2.45, 2.75) is 71.8 Å². The van der Waals surface area contributed by atoms with Crippen LogP contribution in [0.1, 0.15) is 65.7 Å². The van der Waals surface area contributed by atoms with Crippen LogP contribution in [0.5, 0.6) is 0 Å². The zero-order chi connectivity index (χ0) is 13.0.